The zero-order valence-corrected chi connectivity index (χ0v) is 49.8. The first-order chi connectivity index (χ1) is 34.4. The average molecular weight is 1020 g/mol. The molecule has 2 aromatic rings. The number of carbonyl (C=O) groups is 5. The van der Waals surface area contributed by atoms with E-state index in [0.717, 1.165) is 30.4 Å². The number of rotatable bonds is 24. The molecular weight excluding hydrogens is 909 g/mol. The molecule has 72 heavy (non-hydrogen) atoms. The van der Waals surface area contributed by atoms with Gasteiger partial charge in [0.25, 0.3) is 0 Å². The van der Waals surface area contributed by atoms with Gasteiger partial charge in [-0.3, -0.25) is 19.2 Å². The van der Waals surface area contributed by atoms with Crippen molar-refractivity contribution in [1.82, 2.24) is 20.9 Å². The van der Waals surface area contributed by atoms with E-state index >= 15 is 0 Å². The molecule has 13 nitrogen and oxygen atoms in total. The standard InChI is InChI=1S/C37H54N2O7.C12H24N2O2.5C2H6/c1-8-25(2)26(3)33(43-5)22-34(40)39-20-12-15-32(39)35(44-6)27(4)36(41)38-31(21-28-13-10-9-11-14-28)24-46-23-29-16-18-30(19-17-29)37(42)45-7;1-7(2)10(9(5)15)14-12(16)11(13-6)8(3)4;5*1-2/h9-11,13-14,16-19,25-27,31-33,35H,8,12,15,20-24H2,1-7H3,(H,38,41);7-8,10-11,13H,1-6H3,(H,14,16);5*1-2H3/t25-,26-,27+,31-,32-,33+,35+;10-,11?;;;;;/m00...../s1. The van der Waals surface area contributed by atoms with Crippen LogP contribution in [0.15, 0.2) is 54.6 Å². The molecule has 3 amide bonds. The van der Waals surface area contributed by atoms with E-state index in [2.05, 4.69) is 36.7 Å². The van der Waals surface area contributed by atoms with E-state index in [-0.39, 0.29) is 77.5 Å². The maximum absolute atomic E-state index is 13.7. The van der Waals surface area contributed by atoms with Crippen LogP contribution in [-0.4, -0.2) is 112 Å². The number of likely N-dealkylation sites (N-methyl/N-ethyl adjacent to an activating group) is 1. The highest BCUT2D eigenvalue weighted by Gasteiger charge is 2.41. The normalized spacial score (nSPS) is 15.7. The van der Waals surface area contributed by atoms with Crippen LogP contribution in [0.1, 0.15) is 179 Å². The Hall–Kier alpha value is -4.17. The summed E-state index contributed by atoms with van der Waals surface area (Å²) in [5, 5.41) is 8.97. The van der Waals surface area contributed by atoms with Crippen LogP contribution >= 0.6 is 0 Å². The Labute approximate surface area is 440 Å². The summed E-state index contributed by atoms with van der Waals surface area (Å²) < 4.78 is 22.6. The Morgan fingerprint density at radius 2 is 1.24 bits per heavy atom. The molecule has 0 saturated carbocycles. The summed E-state index contributed by atoms with van der Waals surface area (Å²) in [5.74, 6) is -0.0584. The van der Waals surface area contributed by atoms with Crippen molar-refractivity contribution in [2.75, 3.05) is 41.5 Å². The highest BCUT2D eigenvalue weighted by molar-refractivity contribution is 5.90. The van der Waals surface area contributed by atoms with Crippen molar-refractivity contribution in [3.05, 3.63) is 71.3 Å². The molecule has 9 atom stereocenters. The number of methoxy groups -OCH3 is 3. The second-order valence-electron chi connectivity index (χ2n) is 17.5. The molecule has 0 aromatic heterocycles. The molecule has 0 aliphatic carbocycles. The third-order valence-electron chi connectivity index (χ3n) is 12.3. The summed E-state index contributed by atoms with van der Waals surface area (Å²) in [6.07, 6.45) is 2.98. The molecule has 1 heterocycles. The first kappa shape index (κ1) is 74.4. The fourth-order valence-electron chi connectivity index (χ4n) is 8.10. The third kappa shape index (κ3) is 27.8. The number of hydrogen-bond acceptors (Lipinski definition) is 10. The molecule has 0 radical (unpaired) electrons. The number of nitrogens with one attached hydrogen (secondary N) is 3. The predicted octanol–water partition coefficient (Wildman–Crippen LogP) is 11.5. The summed E-state index contributed by atoms with van der Waals surface area (Å²) in [6.45, 7) is 39.0. The lowest BCUT2D eigenvalue weighted by Gasteiger charge is -2.35. The number of benzene rings is 2. The minimum Gasteiger partial charge on any atom is -0.465 e. The smallest absolute Gasteiger partial charge is 0.337 e. The topological polar surface area (TPSA) is 162 Å². The van der Waals surface area contributed by atoms with E-state index in [0.29, 0.717) is 44.1 Å². The first-order valence-electron chi connectivity index (χ1n) is 27.4. The van der Waals surface area contributed by atoms with Crippen LogP contribution in [0, 0.1) is 29.6 Å². The van der Waals surface area contributed by atoms with Crippen LogP contribution in [0.4, 0.5) is 0 Å². The Morgan fingerprint density at radius 1 is 0.694 bits per heavy atom. The van der Waals surface area contributed by atoms with Crippen molar-refractivity contribution in [2.24, 2.45) is 29.6 Å². The van der Waals surface area contributed by atoms with Gasteiger partial charge in [0.2, 0.25) is 17.7 Å². The van der Waals surface area contributed by atoms with Gasteiger partial charge >= 0.3 is 5.97 Å². The fourth-order valence-corrected chi connectivity index (χ4v) is 8.10. The molecule has 0 spiro atoms. The summed E-state index contributed by atoms with van der Waals surface area (Å²) in [5.41, 5.74) is 2.47. The highest BCUT2D eigenvalue weighted by atomic mass is 16.5. The minimum absolute atomic E-state index is 0.00181. The van der Waals surface area contributed by atoms with Crippen LogP contribution in [0.2, 0.25) is 0 Å². The van der Waals surface area contributed by atoms with E-state index in [1.807, 2.05) is 151 Å². The van der Waals surface area contributed by atoms with E-state index in [4.69, 9.17) is 18.9 Å². The molecule has 1 aliphatic rings. The van der Waals surface area contributed by atoms with Crippen molar-refractivity contribution < 1.29 is 42.9 Å². The van der Waals surface area contributed by atoms with Crippen molar-refractivity contribution in [3.8, 4) is 0 Å². The molecule has 3 N–H and O–H groups in total. The van der Waals surface area contributed by atoms with Crippen LogP contribution in [0.3, 0.4) is 0 Å². The second kappa shape index (κ2) is 45.4. The second-order valence-corrected chi connectivity index (χ2v) is 17.5. The zero-order chi connectivity index (χ0) is 56.5. The number of likely N-dealkylation sites (tertiary alicyclic amines) is 1. The van der Waals surface area contributed by atoms with Gasteiger partial charge in [-0.1, -0.05) is 174 Å². The summed E-state index contributed by atoms with van der Waals surface area (Å²) in [7, 11) is 6.41. The average Bonchev–Trinajstić information content (AvgIpc) is 3.90. The molecule has 1 unspecified atom stereocenters. The number of hydrogen-bond donors (Lipinski definition) is 3. The number of nitrogens with zero attached hydrogens (tertiary/aromatic N) is 1. The number of esters is 1. The molecule has 1 saturated heterocycles. The van der Waals surface area contributed by atoms with E-state index in [1.54, 1.807) is 33.4 Å². The van der Waals surface area contributed by atoms with E-state index in [9.17, 15) is 24.0 Å². The van der Waals surface area contributed by atoms with Crippen molar-refractivity contribution in [1.29, 1.82) is 0 Å². The molecule has 418 valence electrons. The van der Waals surface area contributed by atoms with Crippen molar-refractivity contribution in [3.63, 3.8) is 0 Å². The van der Waals surface area contributed by atoms with Gasteiger partial charge in [0, 0.05) is 20.8 Å². The highest BCUT2D eigenvalue weighted by Crippen LogP contribution is 2.29. The van der Waals surface area contributed by atoms with Gasteiger partial charge in [-0.2, -0.15) is 0 Å². The van der Waals surface area contributed by atoms with Gasteiger partial charge in [-0.25, -0.2) is 4.79 Å². The van der Waals surface area contributed by atoms with Crippen molar-refractivity contribution in [2.45, 2.75) is 207 Å². The zero-order valence-electron chi connectivity index (χ0n) is 49.8. The number of ether oxygens (including phenoxy) is 4. The Balaban J connectivity index is -0.000000743. The molecule has 0 bridgehead atoms. The Morgan fingerprint density at radius 3 is 1.68 bits per heavy atom. The monoisotopic (exact) mass is 1020 g/mol. The van der Waals surface area contributed by atoms with Crippen LogP contribution < -0.4 is 16.0 Å². The quantitative estimate of drug-likeness (QED) is 0.0863. The Bertz CT molecular complexity index is 1660. The van der Waals surface area contributed by atoms with Crippen LogP contribution in [0.25, 0.3) is 0 Å². The molecule has 1 aliphatic heterocycles. The first-order valence-corrected chi connectivity index (χ1v) is 27.4. The summed E-state index contributed by atoms with van der Waals surface area (Å²) >= 11 is 0. The van der Waals surface area contributed by atoms with Gasteiger partial charge in [-0.05, 0) is 80.2 Å². The van der Waals surface area contributed by atoms with E-state index in [1.165, 1.54) is 14.0 Å². The minimum atomic E-state index is -0.496. The summed E-state index contributed by atoms with van der Waals surface area (Å²) in [6, 6.07) is 15.9. The lowest BCUT2D eigenvalue weighted by molar-refractivity contribution is -0.143. The van der Waals surface area contributed by atoms with Gasteiger partial charge in [0.05, 0.1) is 74.6 Å². The molecule has 1 fully saturated rings. The largest absolute Gasteiger partial charge is 0.465 e. The summed E-state index contributed by atoms with van der Waals surface area (Å²) in [4.78, 5) is 64.3. The number of ketones is 1. The number of carbonyl (C=O) groups excluding carboxylic acids is 5. The number of Topliss-reactive ketones (excluding diaryl/α,β-unsaturated/α-hetero) is 1. The van der Waals surface area contributed by atoms with Gasteiger partial charge < -0.3 is 39.8 Å². The van der Waals surface area contributed by atoms with Crippen LogP contribution in [-0.2, 0) is 51.2 Å². The molecule has 13 heteroatoms. The predicted molar refractivity (Wildman–Crippen MR) is 300 cm³/mol. The van der Waals surface area contributed by atoms with E-state index < -0.39 is 12.0 Å². The van der Waals surface area contributed by atoms with Crippen LogP contribution in [0.5, 0.6) is 0 Å². The maximum Gasteiger partial charge on any atom is 0.337 e. The lowest BCUT2D eigenvalue weighted by Crippen LogP contribution is -2.52. The molecule has 2 aromatic carbocycles. The third-order valence-corrected chi connectivity index (χ3v) is 12.3. The number of amides is 3. The maximum atomic E-state index is 13.7. The molecular formula is C59H108N4O9. The van der Waals surface area contributed by atoms with Crippen molar-refractivity contribution >= 4 is 29.5 Å². The molecule has 3 rings (SSSR count). The lowest BCUT2D eigenvalue weighted by atomic mass is 9.87. The van der Waals surface area contributed by atoms with Gasteiger partial charge in [-0.15, -0.1) is 0 Å². The Kier molecular flexibility index (Phi) is 46.9. The van der Waals surface area contributed by atoms with Gasteiger partial charge in [0.15, 0.2) is 5.78 Å². The fraction of sp³-hybridized carbons (Fsp3) is 0.712. The van der Waals surface area contributed by atoms with Gasteiger partial charge in [0.1, 0.15) is 0 Å². The SMILES string of the molecule is CC.CC.CC.CC.CC.CC[C@H](C)[C@H](C)[C@@H](CC(=O)N1CCC[C@H]1[C@H](OC)[C@@H](C)C(=O)N[C@H](COCc1ccc(C(=O)OC)cc1)Cc1ccccc1)OC.CNC(C(=O)N[C@H](C(C)=O)C(C)C)C(C)C.